The van der Waals surface area contributed by atoms with Crippen LogP contribution in [0.3, 0.4) is 0 Å². The summed E-state index contributed by atoms with van der Waals surface area (Å²) < 4.78 is 17.9. The van der Waals surface area contributed by atoms with E-state index in [2.05, 4.69) is 138 Å². The molecule has 0 spiro atoms. The van der Waals surface area contributed by atoms with Gasteiger partial charge in [-0.05, 0) is 129 Å². The van der Waals surface area contributed by atoms with Gasteiger partial charge in [0.15, 0.2) is 0 Å². The maximum Gasteiger partial charge on any atom is 0.125 e. The van der Waals surface area contributed by atoms with E-state index in [9.17, 15) is 0 Å². The number of allylic oxidation sites excluding steroid dienone is 2. The molecule has 240 valence electrons. The van der Waals surface area contributed by atoms with E-state index >= 15 is 0 Å². The van der Waals surface area contributed by atoms with E-state index in [0.717, 1.165) is 44.4 Å². The molecule has 3 aliphatic rings. The molecule has 3 nitrogen and oxygen atoms in total. The van der Waals surface area contributed by atoms with E-state index in [1.54, 1.807) is 0 Å². The average molecular weight is 631 g/mol. The summed E-state index contributed by atoms with van der Waals surface area (Å²) in [6.07, 6.45) is 35.0. The number of ether oxygens (including phenoxy) is 3. The highest BCUT2D eigenvalue weighted by Crippen LogP contribution is 2.45. The summed E-state index contributed by atoms with van der Waals surface area (Å²) in [6.45, 7) is 4.44. The average Bonchev–Trinajstić information content (AvgIpc) is 3.10. The van der Waals surface area contributed by atoms with E-state index in [-0.39, 0.29) is 30.1 Å². The van der Waals surface area contributed by atoms with Crippen LogP contribution in [-0.4, -0.2) is 25.4 Å². The van der Waals surface area contributed by atoms with Crippen molar-refractivity contribution in [1.29, 1.82) is 0 Å². The van der Waals surface area contributed by atoms with Crippen LogP contribution in [0, 0.1) is 155 Å². The number of hydrogen-bond donors (Lipinski definition) is 0. The minimum Gasteiger partial charge on any atom is -0.443 e. The van der Waals surface area contributed by atoms with Crippen molar-refractivity contribution in [1.82, 2.24) is 0 Å². The van der Waals surface area contributed by atoms with Crippen LogP contribution in [0.5, 0.6) is 0 Å². The molecule has 0 heterocycles. The molecular weight excluding hydrogens is 588 g/mol. The summed E-state index contributed by atoms with van der Waals surface area (Å²) in [7, 11) is 1.82. The zero-order valence-electron chi connectivity index (χ0n) is 28.2. The number of methoxy groups -OCH3 is 1. The lowest BCUT2D eigenvalue weighted by atomic mass is 9.65. The lowest BCUT2D eigenvalue weighted by molar-refractivity contribution is -0.0254. The SMILES string of the molecule is C#CC#CC#CC#CC#COC1CCC(C2CC(C)CCC2/C=C/C2CC(OC#CC#CC#CC#CC#C)C(/C=C/C)CC2OC)CC1. The molecule has 0 amide bonds. The van der Waals surface area contributed by atoms with Gasteiger partial charge in [0.2, 0.25) is 0 Å². The Morgan fingerprint density at radius 3 is 1.65 bits per heavy atom. The molecule has 3 fully saturated rings. The molecule has 3 aliphatic carbocycles. The molecule has 3 heteroatoms. The monoisotopic (exact) mass is 630 g/mol. The molecule has 0 aromatic carbocycles. The van der Waals surface area contributed by atoms with Gasteiger partial charge in [0.1, 0.15) is 24.4 Å². The van der Waals surface area contributed by atoms with E-state index in [4.69, 9.17) is 27.1 Å². The van der Waals surface area contributed by atoms with Crippen LogP contribution in [-0.2, 0) is 14.2 Å². The minimum atomic E-state index is -0.0446. The van der Waals surface area contributed by atoms with Gasteiger partial charge in [-0.25, -0.2) is 0 Å². The third kappa shape index (κ3) is 13.2. The second kappa shape index (κ2) is 22.2. The summed E-state index contributed by atoms with van der Waals surface area (Å²) in [6, 6.07) is 0. The molecule has 7 unspecified atom stereocenters. The fraction of sp³-hybridized carbons (Fsp3) is 0.467. The Kier molecular flexibility index (Phi) is 17.2. The molecule has 0 aliphatic heterocycles. The molecule has 48 heavy (non-hydrogen) atoms. The summed E-state index contributed by atoms with van der Waals surface area (Å²) in [4.78, 5) is 0. The fourth-order valence-corrected chi connectivity index (χ4v) is 7.05. The van der Waals surface area contributed by atoms with Gasteiger partial charge in [-0.15, -0.1) is 12.8 Å². The van der Waals surface area contributed by atoms with E-state index in [1.807, 2.05) is 14.0 Å². The Hall–Kier alpha value is -5.36. The fourth-order valence-electron chi connectivity index (χ4n) is 7.05. The van der Waals surface area contributed by atoms with Crippen molar-refractivity contribution in [3.63, 3.8) is 0 Å². The topological polar surface area (TPSA) is 27.7 Å². The van der Waals surface area contributed by atoms with Crippen molar-refractivity contribution in [3.8, 4) is 120 Å². The third-order valence-electron chi connectivity index (χ3n) is 9.29. The Balaban J connectivity index is 1.61. The highest BCUT2D eigenvalue weighted by atomic mass is 16.5. The molecule has 0 aromatic heterocycles. The lowest BCUT2D eigenvalue weighted by Gasteiger charge is -2.42. The van der Waals surface area contributed by atoms with E-state index in [0.29, 0.717) is 17.8 Å². The van der Waals surface area contributed by atoms with Crippen molar-refractivity contribution in [2.24, 2.45) is 35.5 Å². The normalized spacial score (nSPS) is 28.4. The van der Waals surface area contributed by atoms with E-state index in [1.165, 1.54) is 19.3 Å². The first-order valence-electron chi connectivity index (χ1n) is 16.7. The maximum atomic E-state index is 6.06. The second-order valence-electron chi connectivity index (χ2n) is 12.3. The largest absolute Gasteiger partial charge is 0.443 e. The van der Waals surface area contributed by atoms with Crippen LogP contribution in [0.2, 0.25) is 0 Å². The van der Waals surface area contributed by atoms with Crippen molar-refractivity contribution >= 4 is 0 Å². The van der Waals surface area contributed by atoms with Gasteiger partial charge in [0, 0.05) is 66.3 Å². The van der Waals surface area contributed by atoms with Crippen LogP contribution in [0.1, 0.15) is 71.6 Å². The molecule has 0 bridgehead atoms. The highest BCUT2D eigenvalue weighted by molar-refractivity contribution is 5.42. The van der Waals surface area contributed by atoms with Crippen molar-refractivity contribution in [2.75, 3.05) is 7.11 Å². The molecular formula is C45H42O3. The Bertz CT molecular complexity index is 1740. The van der Waals surface area contributed by atoms with Crippen LogP contribution in [0.25, 0.3) is 0 Å². The molecule has 0 saturated heterocycles. The first kappa shape index (κ1) is 37.1. The predicted molar refractivity (Wildman–Crippen MR) is 193 cm³/mol. The Morgan fingerprint density at radius 1 is 0.542 bits per heavy atom. The predicted octanol–water partition coefficient (Wildman–Crippen LogP) is 6.38. The minimum absolute atomic E-state index is 0.0446. The zero-order valence-corrected chi connectivity index (χ0v) is 28.2. The van der Waals surface area contributed by atoms with Crippen LogP contribution in [0.4, 0.5) is 0 Å². The van der Waals surface area contributed by atoms with Gasteiger partial charge in [-0.3, -0.25) is 0 Å². The Labute approximate surface area is 290 Å². The number of rotatable bonds is 7. The molecule has 7 atom stereocenters. The smallest absolute Gasteiger partial charge is 0.125 e. The first-order chi connectivity index (χ1) is 23.6. The van der Waals surface area contributed by atoms with E-state index < -0.39 is 0 Å². The number of hydrogen-bond acceptors (Lipinski definition) is 3. The van der Waals surface area contributed by atoms with Gasteiger partial charge >= 0.3 is 0 Å². The molecule has 0 aromatic rings. The van der Waals surface area contributed by atoms with Gasteiger partial charge in [-0.1, -0.05) is 37.6 Å². The van der Waals surface area contributed by atoms with Gasteiger partial charge in [0.05, 0.1) is 6.10 Å². The molecule has 3 saturated carbocycles. The summed E-state index contributed by atoms with van der Waals surface area (Å²) in [5.41, 5.74) is 0. The third-order valence-corrected chi connectivity index (χ3v) is 9.29. The van der Waals surface area contributed by atoms with Crippen molar-refractivity contribution in [2.45, 2.75) is 89.9 Å². The van der Waals surface area contributed by atoms with Gasteiger partial charge in [0.25, 0.3) is 0 Å². The standard InChI is InChI=1S/C45H42O3/c1-6-9-11-13-15-17-19-21-32-47-42-30-28-39(29-31-42)43-34-37(4)24-25-38(43)26-27-41-36-45(40(23-8-3)35-44(41)46-5)48-33-22-20-18-16-14-12-10-7-2/h1-2,8,23,26-27,37-45H,24-25,28-31,34-36H2,3-5H3/b23-8+,27-26+. The molecule has 3 rings (SSSR count). The second-order valence-corrected chi connectivity index (χ2v) is 12.3. The van der Waals surface area contributed by atoms with Crippen molar-refractivity contribution < 1.29 is 14.2 Å². The van der Waals surface area contributed by atoms with Gasteiger partial charge < -0.3 is 14.2 Å². The molecule has 0 radical (unpaired) electrons. The van der Waals surface area contributed by atoms with Crippen molar-refractivity contribution in [3.05, 3.63) is 24.3 Å². The zero-order chi connectivity index (χ0) is 34.2. The number of terminal acetylenes is 2. The Morgan fingerprint density at radius 2 is 1.06 bits per heavy atom. The summed E-state index contributed by atoms with van der Waals surface area (Å²) in [5, 5.41) is 0. The molecule has 0 N–H and O–H groups in total. The van der Waals surface area contributed by atoms with Crippen LogP contribution >= 0.6 is 0 Å². The lowest BCUT2D eigenvalue weighted by Crippen LogP contribution is -2.39. The summed E-state index contributed by atoms with van der Waals surface area (Å²) in [5.74, 6) is 43.9. The van der Waals surface area contributed by atoms with Gasteiger partial charge in [-0.2, -0.15) is 0 Å². The van der Waals surface area contributed by atoms with Crippen LogP contribution < -0.4 is 0 Å². The maximum absolute atomic E-state index is 6.06. The van der Waals surface area contributed by atoms with Crippen LogP contribution in [0.15, 0.2) is 24.3 Å². The first-order valence-corrected chi connectivity index (χ1v) is 16.7. The summed E-state index contributed by atoms with van der Waals surface area (Å²) >= 11 is 0. The quantitative estimate of drug-likeness (QED) is 0.241. The highest BCUT2D eigenvalue weighted by Gasteiger charge is 2.38.